The topological polar surface area (TPSA) is 66.8 Å². The number of aryl methyl sites for hydroxylation is 1. The lowest BCUT2D eigenvalue weighted by molar-refractivity contribution is -0.119. The molecule has 1 atom stereocenters. The summed E-state index contributed by atoms with van der Waals surface area (Å²) in [6, 6.07) is 14.1. The third kappa shape index (κ3) is 3.40. The van der Waals surface area contributed by atoms with Gasteiger partial charge in [-0.15, -0.1) is 0 Å². The molecule has 0 aliphatic carbocycles. The summed E-state index contributed by atoms with van der Waals surface area (Å²) in [7, 11) is 0. The summed E-state index contributed by atoms with van der Waals surface area (Å²) in [6.45, 7) is 7.88. The van der Waals surface area contributed by atoms with Gasteiger partial charge in [0.1, 0.15) is 5.75 Å². The van der Waals surface area contributed by atoms with Crippen molar-refractivity contribution >= 4 is 17.4 Å². The number of hydrogen-bond acceptors (Lipinski definition) is 4. The first-order chi connectivity index (χ1) is 13.4. The van der Waals surface area contributed by atoms with Crippen molar-refractivity contribution in [3.05, 3.63) is 71.0 Å². The Kier molecular flexibility index (Phi) is 5.54. The van der Waals surface area contributed by atoms with Crippen LogP contribution >= 0.6 is 0 Å². The van der Waals surface area contributed by atoms with Crippen LogP contribution in [0.15, 0.2) is 59.9 Å². The summed E-state index contributed by atoms with van der Waals surface area (Å²) in [4.78, 5) is 27.4. The van der Waals surface area contributed by atoms with Crippen LogP contribution in [0.3, 0.4) is 0 Å². The Bertz CT molecular complexity index is 928. The number of hydrogen-bond donors (Lipinski definition) is 1. The van der Waals surface area contributed by atoms with E-state index in [1.165, 1.54) is 4.90 Å². The van der Waals surface area contributed by atoms with Gasteiger partial charge in [0.15, 0.2) is 11.5 Å². The molecule has 146 valence electrons. The summed E-state index contributed by atoms with van der Waals surface area (Å²) >= 11 is 0. The number of Topliss-reactive ketones (excluding diaryl/α,β-unsaturated/α-hetero) is 1. The molecule has 0 bridgehead atoms. The van der Waals surface area contributed by atoms with Gasteiger partial charge in [-0.25, -0.2) is 0 Å². The van der Waals surface area contributed by atoms with Crippen molar-refractivity contribution in [2.45, 2.75) is 33.7 Å². The Morgan fingerprint density at radius 2 is 1.79 bits per heavy atom. The van der Waals surface area contributed by atoms with Crippen molar-refractivity contribution in [2.24, 2.45) is 5.92 Å². The van der Waals surface area contributed by atoms with Gasteiger partial charge in [-0.3, -0.25) is 14.5 Å². The van der Waals surface area contributed by atoms with E-state index in [2.05, 4.69) is 0 Å². The second-order valence-electron chi connectivity index (χ2n) is 7.15. The first-order valence-corrected chi connectivity index (χ1v) is 9.46. The Morgan fingerprint density at radius 3 is 2.36 bits per heavy atom. The number of rotatable bonds is 6. The average Bonchev–Trinajstić information content (AvgIpc) is 2.93. The molecule has 1 aliphatic rings. The lowest BCUT2D eigenvalue weighted by Crippen LogP contribution is -2.32. The normalized spacial score (nSPS) is 16.8. The average molecular weight is 379 g/mol. The minimum absolute atomic E-state index is 0.146. The predicted molar refractivity (Wildman–Crippen MR) is 109 cm³/mol. The van der Waals surface area contributed by atoms with E-state index in [1.807, 2.05) is 62.4 Å². The van der Waals surface area contributed by atoms with Crippen LogP contribution in [0.2, 0.25) is 0 Å². The number of ketones is 1. The van der Waals surface area contributed by atoms with E-state index in [4.69, 9.17) is 4.74 Å². The minimum atomic E-state index is -0.681. The van der Waals surface area contributed by atoms with E-state index < -0.39 is 17.7 Å². The molecule has 3 rings (SSSR count). The highest BCUT2D eigenvalue weighted by atomic mass is 16.5. The highest BCUT2D eigenvalue weighted by molar-refractivity contribution is 6.17. The molecule has 5 nitrogen and oxygen atoms in total. The van der Waals surface area contributed by atoms with Crippen LogP contribution in [-0.2, 0) is 9.59 Å². The van der Waals surface area contributed by atoms with Gasteiger partial charge in [0.25, 0.3) is 5.91 Å². The molecule has 2 aromatic rings. The zero-order valence-electron chi connectivity index (χ0n) is 16.6. The van der Waals surface area contributed by atoms with Crippen molar-refractivity contribution in [1.29, 1.82) is 0 Å². The molecule has 2 aromatic carbocycles. The lowest BCUT2D eigenvalue weighted by Gasteiger charge is -2.28. The predicted octanol–water partition coefficient (Wildman–Crippen LogP) is 4.52. The van der Waals surface area contributed by atoms with Gasteiger partial charge in [-0.2, -0.15) is 0 Å². The van der Waals surface area contributed by atoms with E-state index in [-0.39, 0.29) is 17.3 Å². The largest absolute Gasteiger partial charge is 0.503 e. The van der Waals surface area contributed by atoms with Crippen LogP contribution < -0.4 is 9.64 Å². The van der Waals surface area contributed by atoms with Crippen LogP contribution in [-0.4, -0.2) is 23.4 Å². The van der Waals surface area contributed by atoms with Gasteiger partial charge >= 0.3 is 0 Å². The monoisotopic (exact) mass is 379 g/mol. The number of carbonyl (C=O) groups is 2. The van der Waals surface area contributed by atoms with E-state index >= 15 is 0 Å². The quantitative estimate of drug-likeness (QED) is 0.801. The van der Waals surface area contributed by atoms with Crippen molar-refractivity contribution in [3.63, 3.8) is 0 Å². The Morgan fingerprint density at radius 1 is 1.14 bits per heavy atom. The summed E-state index contributed by atoms with van der Waals surface area (Å²) < 4.78 is 5.50. The molecule has 1 unspecified atom stereocenters. The first kappa shape index (κ1) is 19.7. The number of nitrogens with zero attached hydrogens (tertiary/aromatic N) is 1. The maximum Gasteiger partial charge on any atom is 0.294 e. The molecule has 0 spiro atoms. The summed E-state index contributed by atoms with van der Waals surface area (Å²) in [5.41, 5.74) is 2.45. The second kappa shape index (κ2) is 7.89. The van der Waals surface area contributed by atoms with Gasteiger partial charge in [0, 0.05) is 11.6 Å². The zero-order chi connectivity index (χ0) is 20.4. The third-order valence-corrected chi connectivity index (χ3v) is 4.88. The molecular weight excluding hydrogens is 354 g/mol. The third-order valence-electron chi connectivity index (χ3n) is 4.88. The molecule has 0 fully saturated rings. The molecule has 1 aliphatic heterocycles. The summed E-state index contributed by atoms with van der Waals surface area (Å²) in [5.74, 6) is -0.895. The van der Waals surface area contributed by atoms with Crippen molar-refractivity contribution in [1.82, 2.24) is 0 Å². The van der Waals surface area contributed by atoms with Crippen molar-refractivity contribution < 1.29 is 19.4 Å². The van der Waals surface area contributed by atoms with Crippen LogP contribution in [0.25, 0.3) is 0 Å². The molecule has 0 saturated heterocycles. The smallest absolute Gasteiger partial charge is 0.294 e. The van der Waals surface area contributed by atoms with E-state index in [1.54, 1.807) is 13.8 Å². The van der Waals surface area contributed by atoms with E-state index in [0.29, 0.717) is 18.0 Å². The molecular formula is C23H25NO4. The number of anilines is 1. The number of para-hydroxylation sites is 1. The van der Waals surface area contributed by atoms with Gasteiger partial charge < -0.3 is 9.84 Å². The maximum absolute atomic E-state index is 13.0. The van der Waals surface area contributed by atoms with Crippen LogP contribution in [0.1, 0.15) is 37.9 Å². The van der Waals surface area contributed by atoms with Gasteiger partial charge in [0.05, 0.1) is 18.2 Å². The van der Waals surface area contributed by atoms with E-state index in [0.717, 1.165) is 11.1 Å². The summed E-state index contributed by atoms with van der Waals surface area (Å²) in [5, 5.41) is 10.6. The first-order valence-electron chi connectivity index (χ1n) is 9.46. The number of aliphatic hydroxyl groups excluding tert-OH is 1. The fraction of sp³-hybridized carbons (Fsp3) is 0.304. The minimum Gasteiger partial charge on any atom is -0.503 e. The molecule has 0 radical (unpaired) electrons. The Hall–Kier alpha value is -3.08. The molecule has 0 saturated carbocycles. The Labute approximate surface area is 165 Å². The summed E-state index contributed by atoms with van der Waals surface area (Å²) in [6.07, 6.45) is 0. The van der Waals surface area contributed by atoms with E-state index in [9.17, 15) is 14.7 Å². The lowest BCUT2D eigenvalue weighted by atomic mass is 9.91. The number of carbonyl (C=O) groups excluding carboxylic acids is 2. The standard InChI is InChI=1S/C23H25NO4/c1-5-28-17-12-10-16(11-13-17)20-19(21(25)14(2)3)22(26)23(27)24(20)18-9-7-6-8-15(18)4/h6-14,20,26H,5H2,1-4H3. The molecule has 1 N–H and O–H groups in total. The van der Waals surface area contributed by atoms with Gasteiger partial charge in [-0.05, 0) is 43.2 Å². The SMILES string of the molecule is CCOc1ccc(C2C(C(=O)C(C)C)=C(O)C(=O)N2c2ccccc2C)cc1. The second-order valence-corrected chi connectivity index (χ2v) is 7.15. The number of aliphatic hydroxyl groups is 1. The fourth-order valence-corrected chi connectivity index (χ4v) is 3.48. The van der Waals surface area contributed by atoms with Gasteiger partial charge in [-0.1, -0.05) is 44.2 Å². The number of benzene rings is 2. The van der Waals surface area contributed by atoms with Crippen molar-refractivity contribution in [2.75, 3.05) is 11.5 Å². The molecule has 0 aromatic heterocycles. The van der Waals surface area contributed by atoms with Crippen LogP contribution in [0, 0.1) is 12.8 Å². The number of amides is 1. The van der Waals surface area contributed by atoms with Crippen LogP contribution in [0.5, 0.6) is 5.75 Å². The molecule has 5 heteroatoms. The Balaban J connectivity index is 2.16. The fourth-order valence-electron chi connectivity index (χ4n) is 3.48. The highest BCUT2D eigenvalue weighted by Gasteiger charge is 2.45. The van der Waals surface area contributed by atoms with Crippen molar-refractivity contribution in [3.8, 4) is 5.75 Å². The molecule has 1 amide bonds. The van der Waals surface area contributed by atoms with Gasteiger partial charge in [0.2, 0.25) is 0 Å². The number of ether oxygens (including phenoxy) is 1. The zero-order valence-corrected chi connectivity index (χ0v) is 16.6. The molecule has 1 heterocycles. The maximum atomic E-state index is 13.0. The highest BCUT2D eigenvalue weighted by Crippen LogP contribution is 2.43. The molecule has 28 heavy (non-hydrogen) atoms. The van der Waals surface area contributed by atoms with Crippen LogP contribution in [0.4, 0.5) is 5.69 Å².